The monoisotopic (exact) mass is 567 g/mol. The number of rotatable bonds is 9. The molecule has 2 heterocycles. The molecule has 1 aliphatic heterocycles. The van der Waals surface area contributed by atoms with E-state index in [-0.39, 0.29) is 23.2 Å². The van der Waals surface area contributed by atoms with Crippen LogP contribution >= 0.6 is 27.7 Å². The van der Waals surface area contributed by atoms with E-state index in [1.807, 2.05) is 6.92 Å². The molecule has 7 nitrogen and oxygen atoms in total. The van der Waals surface area contributed by atoms with Crippen molar-refractivity contribution in [3.63, 3.8) is 0 Å². The molecule has 36 heavy (non-hydrogen) atoms. The standard InChI is InChI=1S/C27H22BrNO6S/c1-2-3-14-34-26(32)19-6-4-18(5-7-19)23-13-12-21(35-23)15-24-25(31)29(27(33)36-24)16-22(30)17-8-10-20(28)11-9-17/h4-13,15H,2-3,14,16H2,1H3/b24-15+. The molecule has 0 aliphatic carbocycles. The molecule has 0 N–H and O–H groups in total. The fourth-order valence-electron chi connectivity index (χ4n) is 3.38. The van der Waals surface area contributed by atoms with E-state index >= 15 is 0 Å². The number of hydrogen-bond acceptors (Lipinski definition) is 7. The third kappa shape index (κ3) is 6.03. The number of ketones is 1. The molecule has 0 unspecified atom stereocenters. The Balaban J connectivity index is 1.42. The number of hydrogen-bond donors (Lipinski definition) is 0. The van der Waals surface area contributed by atoms with Crippen LogP contribution in [0.5, 0.6) is 0 Å². The number of unbranched alkanes of at least 4 members (excludes halogenated alkanes) is 1. The van der Waals surface area contributed by atoms with Gasteiger partial charge in [-0.15, -0.1) is 0 Å². The molecule has 0 atom stereocenters. The van der Waals surface area contributed by atoms with Crippen LogP contribution in [0.1, 0.15) is 46.2 Å². The van der Waals surface area contributed by atoms with Crippen molar-refractivity contribution in [3.05, 3.63) is 86.9 Å². The smallest absolute Gasteiger partial charge is 0.338 e. The SMILES string of the molecule is CCCCOC(=O)c1ccc(-c2ccc(/C=C3/SC(=O)N(CC(=O)c4ccc(Br)cc4)C3=O)o2)cc1. The number of amides is 2. The Hall–Kier alpha value is -3.43. The maximum Gasteiger partial charge on any atom is 0.338 e. The number of imide groups is 1. The number of thioether (sulfide) groups is 1. The zero-order chi connectivity index (χ0) is 25.7. The number of benzene rings is 2. The van der Waals surface area contributed by atoms with Gasteiger partial charge in [0.2, 0.25) is 0 Å². The second kappa shape index (κ2) is 11.5. The largest absolute Gasteiger partial charge is 0.462 e. The van der Waals surface area contributed by atoms with Crippen LogP contribution in [-0.4, -0.2) is 41.0 Å². The third-order valence-corrected chi connectivity index (χ3v) is 6.81. The Bertz CT molecular complexity index is 1330. The van der Waals surface area contributed by atoms with Crippen LogP contribution in [0.3, 0.4) is 0 Å². The molecule has 1 aliphatic rings. The Labute approximate surface area is 220 Å². The average Bonchev–Trinajstić information content (AvgIpc) is 3.45. The van der Waals surface area contributed by atoms with E-state index in [1.165, 1.54) is 6.08 Å². The van der Waals surface area contributed by atoms with E-state index in [2.05, 4.69) is 15.9 Å². The molecule has 184 valence electrons. The first-order valence-corrected chi connectivity index (χ1v) is 12.9. The maximum atomic E-state index is 12.8. The molecule has 0 radical (unpaired) electrons. The van der Waals surface area contributed by atoms with Gasteiger partial charge in [0.25, 0.3) is 11.1 Å². The summed E-state index contributed by atoms with van der Waals surface area (Å²) in [5.74, 6) is -0.317. The van der Waals surface area contributed by atoms with Gasteiger partial charge >= 0.3 is 5.97 Å². The highest BCUT2D eigenvalue weighted by Crippen LogP contribution is 2.33. The molecule has 1 saturated heterocycles. The molecule has 2 aromatic carbocycles. The molecule has 0 saturated carbocycles. The maximum absolute atomic E-state index is 12.8. The van der Waals surface area contributed by atoms with E-state index in [9.17, 15) is 19.2 Å². The van der Waals surface area contributed by atoms with Crippen molar-refractivity contribution in [2.45, 2.75) is 19.8 Å². The number of carbonyl (C=O) groups excluding carboxylic acids is 4. The summed E-state index contributed by atoms with van der Waals surface area (Å²) in [6.07, 6.45) is 3.25. The number of furan rings is 1. The van der Waals surface area contributed by atoms with Gasteiger partial charge < -0.3 is 9.15 Å². The Morgan fingerprint density at radius 3 is 2.39 bits per heavy atom. The van der Waals surface area contributed by atoms with Gasteiger partial charge in [0.05, 0.1) is 23.6 Å². The minimum Gasteiger partial charge on any atom is -0.462 e. The lowest BCUT2D eigenvalue weighted by atomic mass is 10.1. The minimum absolute atomic E-state index is 0.176. The summed E-state index contributed by atoms with van der Waals surface area (Å²) < 4.78 is 11.9. The summed E-state index contributed by atoms with van der Waals surface area (Å²) in [6, 6.07) is 17.0. The number of halogens is 1. The molecular weight excluding hydrogens is 546 g/mol. The van der Waals surface area contributed by atoms with Crippen LogP contribution in [0.25, 0.3) is 17.4 Å². The summed E-state index contributed by atoms with van der Waals surface area (Å²) >= 11 is 4.07. The van der Waals surface area contributed by atoms with Crippen molar-refractivity contribution in [1.29, 1.82) is 0 Å². The van der Waals surface area contributed by atoms with Crippen molar-refractivity contribution in [1.82, 2.24) is 4.90 Å². The molecule has 4 rings (SSSR count). The van der Waals surface area contributed by atoms with Crippen molar-refractivity contribution in [3.8, 4) is 11.3 Å². The van der Waals surface area contributed by atoms with Crippen molar-refractivity contribution >= 4 is 56.7 Å². The number of nitrogens with zero attached hydrogens (tertiary/aromatic N) is 1. The van der Waals surface area contributed by atoms with Gasteiger partial charge in [0.15, 0.2) is 5.78 Å². The molecule has 0 spiro atoms. The predicted molar refractivity (Wildman–Crippen MR) is 140 cm³/mol. The number of esters is 1. The first kappa shape index (κ1) is 25.7. The Morgan fingerprint density at radius 1 is 1.00 bits per heavy atom. The van der Waals surface area contributed by atoms with Gasteiger partial charge in [-0.2, -0.15) is 0 Å². The molecule has 1 aromatic heterocycles. The average molecular weight is 568 g/mol. The van der Waals surface area contributed by atoms with Gasteiger partial charge in [-0.3, -0.25) is 19.3 Å². The first-order valence-electron chi connectivity index (χ1n) is 11.3. The molecular formula is C27H22BrNO6S. The highest BCUT2D eigenvalue weighted by atomic mass is 79.9. The van der Waals surface area contributed by atoms with Gasteiger partial charge in [-0.1, -0.05) is 53.5 Å². The second-order valence-corrected chi connectivity index (χ2v) is 9.88. The molecule has 1 fully saturated rings. The third-order valence-electron chi connectivity index (χ3n) is 5.38. The van der Waals surface area contributed by atoms with Crippen LogP contribution in [0.4, 0.5) is 4.79 Å². The van der Waals surface area contributed by atoms with E-state index in [0.29, 0.717) is 29.3 Å². The summed E-state index contributed by atoms with van der Waals surface area (Å²) in [6.45, 7) is 2.08. The van der Waals surface area contributed by atoms with Gasteiger partial charge in [-0.25, -0.2) is 4.79 Å². The van der Waals surface area contributed by atoms with Crippen molar-refractivity contribution < 1.29 is 28.3 Å². The quantitative estimate of drug-likeness (QED) is 0.125. The summed E-state index contributed by atoms with van der Waals surface area (Å²) in [5.41, 5.74) is 1.61. The van der Waals surface area contributed by atoms with Crippen molar-refractivity contribution in [2.24, 2.45) is 0 Å². The molecule has 3 aromatic rings. The normalized spacial score (nSPS) is 14.5. The highest BCUT2D eigenvalue weighted by Gasteiger charge is 2.36. The second-order valence-electron chi connectivity index (χ2n) is 7.97. The van der Waals surface area contributed by atoms with Crippen LogP contribution in [0.2, 0.25) is 0 Å². The van der Waals surface area contributed by atoms with Gasteiger partial charge in [-0.05, 0) is 54.6 Å². The zero-order valence-corrected chi connectivity index (χ0v) is 21.8. The first-order chi connectivity index (χ1) is 17.4. The fraction of sp³-hybridized carbons (Fsp3) is 0.185. The van der Waals surface area contributed by atoms with E-state index in [4.69, 9.17) is 9.15 Å². The number of ether oxygens (including phenoxy) is 1. The highest BCUT2D eigenvalue weighted by molar-refractivity contribution is 9.10. The van der Waals surface area contributed by atoms with Gasteiger partial charge in [0, 0.05) is 21.7 Å². The number of carbonyl (C=O) groups is 4. The zero-order valence-electron chi connectivity index (χ0n) is 19.4. The summed E-state index contributed by atoms with van der Waals surface area (Å²) in [5, 5.41) is -0.509. The summed E-state index contributed by atoms with van der Waals surface area (Å²) in [7, 11) is 0. The Morgan fingerprint density at radius 2 is 1.69 bits per heavy atom. The van der Waals surface area contributed by atoms with E-state index < -0.39 is 11.1 Å². The Kier molecular flexibility index (Phi) is 8.22. The lowest BCUT2D eigenvalue weighted by Crippen LogP contribution is -2.33. The van der Waals surface area contributed by atoms with Crippen LogP contribution in [0, 0.1) is 0 Å². The fourth-order valence-corrected chi connectivity index (χ4v) is 4.47. The van der Waals surface area contributed by atoms with Crippen molar-refractivity contribution in [2.75, 3.05) is 13.2 Å². The molecule has 2 amide bonds. The topological polar surface area (TPSA) is 93.9 Å². The van der Waals surface area contributed by atoms with Crippen LogP contribution in [0.15, 0.2) is 74.5 Å². The van der Waals surface area contributed by atoms with Gasteiger partial charge in [0.1, 0.15) is 11.5 Å². The number of Topliss-reactive ketones (excluding diaryl/α,β-unsaturated/α-hetero) is 1. The lowest BCUT2D eigenvalue weighted by molar-refractivity contribution is -0.122. The predicted octanol–water partition coefficient (Wildman–Crippen LogP) is 6.59. The molecule has 9 heteroatoms. The molecule has 0 bridgehead atoms. The lowest BCUT2D eigenvalue weighted by Gasteiger charge is -2.11. The minimum atomic E-state index is -0.542. The van der Waals surface area contributed by atoms with Crippen LogP contribution < -0.4 is 0 Å². The van der Waals surface area contributed by atoms with E-state index in [0.717, 1.165) is 39.5 Å². The van der Waals surface area contributed by atoms with E-state index in [1.54, 1.807) is 60.7 Å². The summed E-state index contributed by atoms with van der Waals surface area (Å²) in [4.78, 5) is 50.9. The van der Waals surface area contributed by atoms with Crippen LogP contribution in [-0.2, 0) is 9.53 Å².